The van der Waals surface area contributed by atoms with Crippen LogP contribution in [0.1, 0.15) is 44.9 Å². The van der Waals surface area contributed by atoms with Crippen LogP contribution in [0, 0.1) is 11.8 Å². The zero-order valence-corrected chi connectivity index (χ0v) is 25.5. The lowest BCUT2D eigenvalue weighted by Crippen LogP contribution is -2.58. The van der Waals surface area contributed by atoms with Gasteiger partial charge in [-0.2, -0.15) is 0 Å². The predicted molar refractivity (Wildman–Crippen MR) is 164 cm³/mol. The van der Waals surface area contributed by atoms with E-state index in [9.17, 15) is 19.5 Å². The van der Waals surface area contributed by atoms with Crippen LogP contribution >= 0.6 is 11.8 Å². The van der Waals surface area contributed by atoms with Gasteiger partial charge in [0.15, 0.2) is 0 Å². The van der Waals surface area contributed by atoms with Crippen molar-refractivity contribution in [3.05, 3.63) is 96.1 Å². The molecule has 4 aliphatic rings. The molecule has 4 heterocycles. The summed E-state index contributed by atoms with van der Waals surface area (Å²) < 4.78 is -1.65. The molecule has 0 radical (unpaired) electrons. The second-order valence-electron chi connectivity index (χ2n) is 13.0. The highest BCUT2D eigenvalue weighted by Crippen LogP contribution is 2.66. The maximum absolute atomic E-state index is 14.9. The minimum absolute atomic E-state index is 0.0762. The van der Waals surface area contributed by atoms with Crippen molar-refractivity contribution in [3.63, 3.8) is 0 Å². The standard InChI is InChI=1S/C34H39N3O4S/c1-32(2,3)36-20-12-18-34-27(30(40)37(28(34)31(36)41)25(22-38)24-15-9-6-10-16-24)26-29(39)35(19-11-17-33(26,4)42-34)21-23-13-7-5-8-14-23/h5-18,25-28,38H,19-22H2,1-4H3/t25-,26+,27+,28?,33-,34+/m1/s1. The molecular weight excluding hydrogens is 546 g/mol. The Kier molecular flexibility index (Phi) is 7.13. The molecule has 0 bridgehead atoms. The van der Waals surface area contributed by atoms with Crippen molar-refractivity contribution in [3.8, 4) is 0 Å². The van der Waals surface area contributed by atoms with Crippen LogP contribution in [0.4, 0.5) is 0 Å². The SMILES string of the molecule is CC(C)(C)N1CC=C[C@]23S[C@]4(C)C=CCN(Cc5ccccc5)C(=O)[C@@H]4[C@H]2C(=O)N([C@H](CO)c2ccccc2)C3C1=O. The monoisotopic (exact) mass is 585 g/mol. The first-order valence-corrected chi connectivity index (χ1v) is 15.5. The third kappa shape index (κ3) is 4.42. The third-order valence-corrected chi connectivity index (χ3v) is 11.1. The quantitative estimate of drug-likeness (QED) is 0.532. The van der Waals surface area contributed by atoms with E-state index in [1.54, 1.807) is 16.7 Å². The fourth-order valence-electron chi connectivity index (χ4n) is 7.43. The zero-order chi connectivity index (χ0) is 29.9. The summed E-state index contributed by atoms with van der Waals surface area (Å²) >= 11 is 1.57. The minimum atomic E-state index is -0.967. The van der Waals surface area contributed by atoms with Crippen molar-refractivity contribution >= 4 is 29.5 Å². The van der Waals surface area contributed by atoms with Crippen LogP contribution in [-0.4, -0.2) is 78.3 Å². The number of hydrogen-bond donors (Lipinski definition) is 1. The van der Waals surface area contributed by atoms with Gasteiger partial charge >= 0.3 is 0 Å². The molecule has 8 heteroatoms. The number of aliphatic hydroxyl groups excluding tert-OH is 1. The van der Waals surface area contributed by atoms with E-state index in [1.165, 1.54) is 0 Å². The number of amides is 3. The van der Waals surface area contributed by atoms with Gasteiger partial charge in [0.25, 0.3) is 0 Å². The molecule has 1 unspecified atom stereocenters. The van der Waals surface area contributed by atoms with Crippen LogP contribution in [0.25, 0.3) is 0 Å². The average molecular weight is 586 g/mol. The Labute approximate surface area is 252 Å². The van der Waals surface area contributed by atoms with Gasteiger partial charge in [-0.25, -0.2) is 0 Å². The van der Waals surface area contributed by atoms with E-state index in [1.807, 2.05) is 116 Å². The topological polar surface area (TPSA) is 81.2 Å². The summed E-state index contributed by atoms with van der Waals surface area (Å²) in [7, 11) is 0. The van der Waals surface area contributed by atoms with Crippen molar-refractivity contribution in [2.75, 3.05) is 19.7 Å². The fraction of sp³-hybridized carbons (Fsp3) is 0.441. The molecule has 220 valence electrons. The number of aliphatic hydroxyl groups is 1. The highest BCUT2D eigenvalue weighted by atomic mass is 32.2. The van der Waals surface area contributed by atoms with E-state index in [4.69, 9.17) is 0 Å². The van der Waals surface area contributed by atoms with Gasteiger partial charge in [-0.05, 0) is 38.8 Å². The fourth-order valence-corrected chi connectivity index (χ4v) is 9.57. The number of benzene rings is 2. The number of fused-ring (bicyclic) bond motifs is 2. The minimum Gasteiger partial charge on any atom is -0.394 e. The molecule has 2 aromatic rings. The molecule has 1 spiro atoms. The van der Waals surface area contributed by atoms with Gasteiger partial charge in [0.2, 0.25) is 17.7 Å². The Morgan fingerprint density at radius 2 is 1.52 bits per heavy atom. The van der Waals surface area contributed by atoms with Crippen LogP contribution in [0.2, 0.25) is 0 Å². The van der Waals surface area contributed by atoms with Gasteiger partial charge in [-0.15, -0.1) is 11.8 Å². The van der Waals surface area contributed by atoms with Gasteiger partial charge < -0.3 is 19.8 Å². The zero-order valence-electron chi connectivity index (χ0n) is 24.6. The Morgan fingerprint density at radius 1 is 0.881 bits per heavy atom. The highest BCUT2D eigenvalue weighted by molar-refractivity contribution is 8.02. The lowest BCUT2D eigenvalue weighted by Gasteiger charge is -2.42. The summed E-state index contributed by atoms with van der Waals surface area (Å²) in [6.45, 7) is 9.01. The summed E-state index contributed by atoms with van der Waals surface area (Å²) in [4.78, 5) is 49.3. The summed E-state index contributed by atoms with van der Waals surface area (Å²) in [5.74, 6) is -1.90. The van der Waals surface area contributed by atoms with E-state index >= 15 is 0 Å². The van der Waals surface area contributed by atoms with Gasteiger partial charge in [0.1, 0.15) is 6.04 Å². The lowest BCUT2D eigenvalue weighted by molar-refractivity contribution is -0.149. The molecule has 7 nitrogen and oxygen atoms in total. The van der Waals surface area contributed by atoms with Crippen LogP contribution in [0.5, 0.6) is 0 Å². The maximum Gasteiger partial charge on any atom is 0.247 e. The molecule has 0 aliphatic carbocycles. The van der Waals surface area contributed by atoms with E-state index in [0.29, 0.717) is 19.6 Å². The molecule has 6 rings (SSSR count). The first-order valence-electron chi connectivity index (χ1n) is 14.7. The average Bonchev–Trinajstić information content (AvgIpc) is 3.22. The molecule has 1 N–H and O–H groups in total. The van der Waals surface area contributed by atoms with Crippen LogP contribution in [0.15, 0.2) is 85.0 Å². The van der Waals surface area contributed by atoms with Crippen LogP contribution < -0.4 is 0 Å². The second-order valence-corrected chi connectivity index (χ2v) is 14.8. The van der Waals surface area contributed by atoms with Gasteiger partial charge in [-0.1, -0.05) is 85.0 Å². The molecule has 4 aliphatic heterocycles. The molecule has 2 aromatic carbocycles. The number of hydrogen-bond acceptors (Lipinski definition) is 5. The smallest absolute Gasteiger partial charge is 0.247 e. The molecule has 0 saturated carbocycles. The Bertz CT molecular complexity index is 1440. The summed E-state index contributed by atoms with van der Waals surface area (Å²) in [5.41, 5.74) is 1.30. The molecule has 0 aromatic heterocycles. The first-order chi connectivity index (χ1) is 20.0. The molecule has 42 heavy (non-hydrogen) atoms. The highest BCUT2D eigenvalue weighted by Gasteiger charge is 2.74. The number of thioether (sulfide) groups is 1. The van der Waals surface area contributed by atoms with Crippen LogP contribution in [-0.2, 0) is 20.9 Å². The van der Waals surface area contributed by atoms with Gasteiger partial charge in [0, 0.05) is 29.9 Å². The van der Waals surface area contributed by atoms with Crippen molar-refractivity contribution in [1.82, 2.24) is 14.7 Å². The molecule has 3 amide bonds. The first kappa shape index (κ1) is 28.7. The number of carbonyl (C=O) groups is 3. The molecule has 2 fully saturated rings. The summed E-state index contributed by atoms with van der Waals surface area (Å²) in [6.07, 6.45) is 8.16. The largest absolute Gasteiger partial charge is 0.394 e. The molecule has 2 saturated heterocycles. The lowest BCUT2D eigenvalue weighted by atomic mass is 9.74. The maximum atomic E-state index is 14.9. The number of rotatable bonds is 5. The second kappa shape index (κ2) is 10.4. The number of likely N-dealkylation sites (tertiary alicyclic amines) is 1. The summed E-state index contributed by atoms with van der Waals surface area (Å²) in [5, 5.41) is 10.7. The van der Waals surface area contributed by atoms with E-state index in [0.717, 1.165) is 11.1 Å². The number of nitrogens with zero attached hydrogens (tertiary/aromatic N) is 3. The van der Waals surface area contributed by atoms with E-state index < -0.39 is 39.0 Å². The molecular formula is C34H39N3O4S. The van der Waals surface area contributed by atoms with Crippen molar-refractivity contribution < 1.29 is 19.5 Å². The van der Waals surface area contributed by atoms with Crippen molar-refractivity contribution in [2.45, 2.75) is 61.4 Å². The van der Waals surface area contributed by atoms with E-state index in [-0.39, 0.29) is 24.3 Å². The number of carbonyl (C=O) groups excluding carboxylic acids is 3. The van der Waals surface area contributed by atoms with Gasteiger partial charge in [0.05, 0.1) is 29.2 Å². The van der Waals surface area contributed by atoms with Crippen LogP contribution in [0.3, 0.4) is 0 Å². The molecule has 6 atom stereocenters. The van der Waals surface area contributed by atoms with Crippen molar-refractivity contribution in [1.29, 1.82) is 0 Å². The third-order valence-electron chi connectivity index (χ3n) is 9.30. The normalized spacial score (nSPS) is 31.5. The predicted octanol–water partition coefficient (Wildman–Crippen LogP) is 4.20. The summed E-state index contributed by atoms with van der Waals surface area (Å²) in [6, 6.07) is 17.7. The van der Waals surface area contributed by atoms with Crippen molar-refractivity contribution in [2.24, 2.45) is 11.8 Å². The van der Waals surface area contributed by atoms with E-state index in [2.05, 4.69) is 6.08 Å². The Hall–Kier alpha value is -3.36. The van der Waals surface area contributed by atoms with Gasteiger partial charge in [-0.3, -0.25) is 14.4 Å². The Morgan fingerprint density at radius 3 is 2.17 bits per heavy atom. The Balaban J connectivity index is 1.49.